The molecule has 1 aromatic rings. The van der Waals surface area contributed by atoms with Crippen LogP contribution in [-0.4, -0.2) is 74.1 Å². The number of halogens is 3. The van der Waals surface area contributed by atoms with Gasteiger partial charge in [-0.2, -0.15) is 13.2 Å². The van der Waals surface area contributed by atoms with E-state index in [1.54, 1.807) is 13.1 Å². The zero-order valence-corrected chi connectivity index (χ0v) is 18.1. The van der Waals surface area contributed by atoms with Crippen LogP contribution in [0.2, 0.25) is 0 Å². The average molecular weight is 441 g/mol. The van der Waals surface area contributed by atoms with Crippen molar-refractivity contribution < 1.29 is 22.7 Å². The molecule has 0 saturated carbocycles. The van der Waals surface area contributed by atoms with Gasteiger partial charge in [-0.1, -0.05) is 25.1 Å². The number of piperazine rings is 1. The van der Waals surface area contributed by atoms with Crippen LogP contribution in [0, 0.1) is 0 Å². The number of rotatable bonds is 5. The summed E-state index contributed by atoms with van der Waals surface area (Å²) in [6.07, 6.45) is -2.21. The van der Waals surface area contributed by atoms with Crippen molar-refractivity contribution in [3.05, 3.63) is 35.4 Å². The van der Waals surface area contributed by atoms with Gasteiger partial charge in [-0.3, -0.25) is 9.79 Å². The molecule has 3 rings (SSSR count). The van der Waals surface area contributed by atoms with E-state index >= 15 is 0 Å². The molecule has 2 unspecified atom stereocenters. The molecule has 0 aliphatic carbocycles. The minimum Gasteiger partial charge on any atom is -0.368 e. The summed E-state index contributed by atoms with van der Waals surface area (Å²) < 4.78 is 44.3. The van der Waals surface area contributed by atoms with E-state index in [2.05, 4.69) is 15.2 Å². The third kappa shape index (κ3) is 6.12. The number of amides is 1. The molecule has 0 aromatic heterocycles. The van der Waals surface area contributed by atoms with Crippen molar-refractivity contribution in [3.63, 3.8) is 0 Å². The van der Waals surface area contributed by atoms with Crippen LogP contribution < -0.4 is 5.32 Å². The summed E-state index contributed by atoms with van der Waals surface area (Å²) in [6, 6.07) is 5.51. The lowest BCUT2D eigenvalue weighted by molar-refractivity contribution is -0.142. The number of nitrogens with zero attached hydrogens (tertiary/aromatic N) is 3. The molecule has 31 heavy (non-hydrogen) atoms. The molecule has 0 radical (unpaired) electrons. The maximum Gasteiger partial charge on any atom is 0.416 e. The highest BCUT2D eigenvalue weighted by molar-refractivity contribution is 5.82. The minimum atomic E-state index is -4.33. The smallest absolute Gasteiger partial charge is 0.368 e. The van der Waals surface area contributed by atoms with E-state index in [-0.39, 0.29) is 17.9 Å². The number of ether oxygens (including phenoxy) is 1. The predicted octanol–water partition coefficient (Wildman–Crippen LogP) is 3.10. The summed E-state index contributed by atoms with van der Waals surface area (Å²) in [5, 5.41) is 3.31. The highest BCUT2D eigenvalue weighted by atomic mass is 19.4. The first-order valence-electron chi connectivity index (χ1n) is 10.8. The highest BCUT2D eigenvalue weighted by Crippen LogP contribution is 2.31. The number of hydrogen-bond acceptors (Lipinski definition) is 3. The van der Waals surface area contributed by atoms with Gasteiger partial charge in [0.15, 0.2) is 5.96 Å². The molecular formula is C22H31F3N4O2. The number of benzene rings is 1. The predicted molar refractivity (Wildman–Crippen MR) is 113 cm³/mol. The summed E-state index contributed by atoms with van der Waals surface area (Å²) >= 11 is 0. The first kappa shape index (κ1) is 23.4. The Hall–Kier alpha value is -2.29. The van der Waals surface area contributed by atoms with Crippen LogP contribution in [0.3, 0.4) is 0 Å². The van der Waals surface area contributed by atoms with E-state index < -0.39 is 11.7 Å². The van der Waals surface area contributed by atoms with Crippen molar-refractivity contribution in [2.24, 2.45) is 4.99 Å². The van der Waals surface area contributed by atoms with E-state index in [1.807, 2.05) is 11.8 Å². The Bertz CT molecular complexity index is 770. The van der Waals surface area contributed by atoms with Gasteiger partial charge in [-0.25, -0.2) is 0 Å². The van der Waals surface area contributed by atoms with Gasteiger partial charge in [0.1, 0.15) is 6.10 Å². The molecule has 1 aromatic carbocycles. The van der Waals surface area contributed by atoms with Crippen LogP contribution in [0.5, 0.6) is 0 Å². The molecular weight excluding hydrogens is 409 g/mol. The van der Waals surface area contributed by atoms with Crippen molar-refractivity contribution in [1.82, 2.24) is 15.1 Å². The lowest BCUT2D eigenvalue weighted by Gasteiger charge is -2.37. The molecule has 9 heteroatoms. The van der Waals surface area contributed by atoms with Crippen LogP contribution >= 0.6 is 0 Å². The van der Waals surface area contributed by atoms with Crippen LogP contribution in [0.1, 0.15) is 43.2 Å². The van der Waals surface area contributed by atoms with E-state index in [0.717, 1.165) is 24.9 Å². The Labute approximate surface area is 181 Å². The third-order valence-electron chi connectivity index (χ3n) is 5.95. The van der Waals surface area contributed by atoms with Gasteiger partial charge in [0.05, 0.1) is 5.56 Å². The number of carbonyl (C=O) groups excluding carboxylic acids is 1. The first-order valence-corrected chi connectivity index (χ1v) is 10.8. The average Bonchev–Trinajstić information content (AvgIpc) is 3.31. The maximum absolute atomic E-state index is 12.9. The summed E-state index contributed by atoms with van der Waals surface area (Å²) in [6.45, 7) is 5.79. The van der Waals surface area contributed by atoms with E-state index in [4.69, 9.17) is 4.74 Å². The van der Waals surface area contributed by atoms with Crippen molar-refractivity contribution in [2.45, 2.75) is 44.4 Å². The van der Waals surface area contributed by atoms with Gasteiger partial charge in [-0.15, -0.1) is 0 Å². The van der Waals surface area contributed by atoms with E-state index in [1.165, 1.54) is 12.1 Å². The Morgan fingerprint density at radius 2 is 1.97 bits per heavy atom. The van der Waals surface area contributed by atoms with Crippen LogP contribution in [0.25, 0.3) is 0 Å². The number of carbonyl (C=O) groups is 1. The fourth-order valence-electron chi connectivity index (χ4n) is 4.04. The Balaban J connectivity index is 1.45. The summed E-state index contributed by atoms with van der Waals surface area (Å²) in [5.74, 6) is 0.809. The minimum absolute atomic E-state index is 0.0196. The van der Waals surface area contributed by atoms with Gasteiger partial charge in [-0.05, 0) is 36.8 Å². The molecule has 6 nitrogen and oxygen atoms in total. The zero-order valence-electron chi connectivity index (χ0n) is 18.1. The molecule has 2 atom stereocenters. The molecule has 2 aliphatic rings. The van der Waals surface area contributed by atoms with E-state index in [0.29, 0.717) is 51.3 Å². The number of nitrogens with one attached hydrogen (secondary N) is 1. The molecule has 2 aliphatic heterocycles. The Morgan fingerprint density at radius 1 is 1.26 bits per heavy atom. The van der Waals surface area contributed by atoms with Gasteiger partial charge in [0.2, 0.25) is 0 Å². The van der Waals surface area contributed by atoms with Crippen molar-refractivity contribution >= 4 is 11.9 Å². The monoisotopic (exact) mass is 440 g/mol. The zero-order chi connectivity index (χ0) is 22.4. The van der Waals surface area contributed by atoms with Gasteiger partial charge in [0, 0.05) is 46.4 Å². The van der Waals surface area contributed by atoms with E-state index in [9.17, 15) is 18.0 Å². The Kier molecular flexibility index (Phi) is 7.80. The van der Waals surface area contributed by atoms with Crippen LogP contribution in [0.15, 0.2) is 29.3 Å². The number of alkyl halides is 3. The molecule has 2 heterocycles. The maximum atomic E-state index is 12.9. The lowest BCUT2D eigenvalue weighted by Crippen LogP contribution is -2.55. The molecule has 0 spiro atoms. The molecule has 1 amide bonds. The van der Waals surface area contributed by atoms with Gasteiger partial charge in [0.25, 0.3) is 5.91 Å². The summed E-state index contributed by atoms with van der Waals surface area (Å²) in [7, 11) is 1.71. The molecule has 2 saturated heterocycles. The third-order valence-corrected chi connectivity index (χ3v) is 5.95. The fraction of sp³-hybridized carbons (Fsp3) is 0.636. The van der Waals surface area contributed by atoms with Crippen molar-refractivity contribution in [1.29, 1.82) is 0 Å². The number of aliphatic imine (C=N–C) groups is 1. The standard InChI is InChI=1S/C22H31F3N4O2/c1-16(17-5-3-6-18(15-17)22(23,24)25)8-9-27-21(26-2)29-12-10-28(11-13-29)20(30)19-7-4-14-31-19/h3,5-6,15-16,19H,4,7-14H2,1-2H3,(H,26,27). The topological polar surface area (TPSA) is 57.2 Å². The second kappa shape index (κ2) is 10.3. The second-order valence-corrected chi connectivity index (χ2v) is 8.10. The molecule has 0 bridgehead atoms. The SMILES string of the molecule is CN=C(NCCC(C)c1cccc(C(F)(F)F)c1)N1CCN(C(=O)C2CCCO2)CC1. The Morgan fingerprint density at radius 3 is 2.58 bits per heavy atom. The van der Waals surface area contributed by atoms with Crippen LogP contribution in [-0.2, 0) is 15.7 Å². The first-order chi connectivity index (χ1) is 14.8. The number of hydrogen-bond donors (Lipinski definition) is 1. The molecule has 2 fully saturated rings. The lowest BCUT2D eigenvalue weighted by atomic mass is 9.96. The second-order valence-electron chi connectivity index (χ2n) is 8.10. The van der Waals surface area contributed by atoms with Crippen LogP contribution in [0.4, 0.5) is 13.2 Å². The largest absolute Gasteiger partial charge is 0.416 e. The molecule has 172 valence electrons. The number of guanidine groups is 1. The molecule has 1 N–H and O–H groups in total. The normalized spacial score (nSPS) is 21.3. The fourth-order valence-corrected chi connectivity index (χ4v) is 4.04. The highest BCUT2D eigenvalue weighted by Gasteiger charge is 2.32. The van der Waals surface area contributed by atoms with Gasteiger partial charge >= 0.3 is 6.18 Å². The van der Waals surface area contributed by atoms with Crippen molar-refractivity contribution in [3.8, 4) is 0 Å². The van der Waals surface area contributed by atoms with Gasteiger partial charge < -0.3 is 19.9 Å². The summed E-state index contributed by atoms with van der Waals surface area (Å²) in [4.78, 5) is 20.8. The quantitative estimate of drug-likeness (QED) is 0.565. The summed E-state index contributed by atoms with van der Waals surface area (Å²) in [5.41, 5.74) is 0.0592. The van der Waals surface area contributed by atoms with Crippen molar-refractivity contribution in [2.75, 3.05) is 46.4 Å².